The van der Waals surface area contributed by atoms with Crippen LogP contribution in [0.4, 0.5) is 0 Å². The van der Waals surface area contributed by atoms with E-state index < -0.39 is 0 Å². The van der Waals surface area contributed by atoms with Gasteiger partial charge < -0.3 is 9.36 Å². The maximum absolute atomic E-state index is 3.42. The second-order valence-corrected chi connectivity index (χ2v) is 4.22. The summed E-state index contributed by atoms with van der Waals surface area (Å²) in [6.45, 7) is 0. The fraction of sp³-hybridized carbons (Fsp3) is 0. The van der Waals surface area contributed by atoms with Crippen LogP contribution in [0.15, 0.2) is 48.5 Å². The molecule has 2 nitrogen and oxygen atoms in total. The van der Waals surface area contributed by atoms with Gasteiger partial charge in [-0.1, -0.05) is 35.8 Å². The van der Waals surface area contributed by atoms with E-state index >= 15 is 0 Å². The quantitative estimate of drug-likeness (QED) is 0.570. The summed E-state index contributed by atoms with van der Waals surface area (Å²) in [6.07, 6.45) is 0. The lowest BCUT2D eigenvalue weighted by molar-refractivity contribution is 1.50. The van der Waals surface area contributed by atoms with Gasteiger partial charge >= 0.3 is 0 Å². The standard InChI is InChI=1S/C12H10N2S/c1-2-6-10-9(5-1)13-11-7-3-4-8-12(11)15-14-10/h1-8,13-14H. The Morgan fingerprint density at radius 2 is 1.40 bits per heavy atom. The van der Waals surface area contributed by atoms with Crippen molar-refractivity contribution in [1.29, 1.82) is 0 Å². The first kappa shape index (κ1) is 8.56. The van der Waals surface area contributed by atoms with Gasteiger partial charge in [-0.15, -0.1) is 0 Å². The van der Waals surface area contributed by atoms with Crippen molar-refractivity contribution in [3.8, 4) is 0 Å². The molecule has 0 aliphatic heterocycles. The van der Waals surface area contributed by atoms with Crippen LogP contribution >= 0.6 is 11.5 Å². The molecule has 0 saturated carbocycles. The normalized spacial score (nSPS) is 10.7. The number of benzene rings is 2. The van der Waals surface area contributed by atoms with Gasteiger partial charge in [0.1, 0.15) is 0 Å². The lowest BCUT2D eigenvalue weighted by Crippen LogP contribution is -1.73. The molecule has 1 heterocycles. The van der Waals surface area contributed by atoms with Gasteiger partial charge in [-0.2, -0.15) is 0 Å². The Labute approximate surface area is 91.0 Å². The lowest BCUT2D eigenvalue weighted by atomic mass is 10.3. The van der Waals surface area contributed by atoms with Gasteiger partial charge in [-0.3, -0.25) is 0 Å². The van der Waals surface area contributed by atoms with Crippen LogP contribution in [0.3, 0.4) is 0 Å². The van der Waals surface area contributed by atoms with Crippen molar-refractivity contribution in [3.05, 3.63) is 48.5 Å². The molecule has 0 aliphatic carbocycles. The number of para-hydroxylation sites is 3. The minimum Gasteiger partial charge on any atom is -0.353 e. The molecular formula is C12H10N2S. The smallest absolute Gasteiger partial charge is 0.0712 e. The number of nitrogens with one attached hydrogen (secondary N) is 2. The number of hydrogen-bond donors (Lipinski definition) is 2. The second kappa shape index (κ2) is 3.44. The fourth-order valence-corrected chi connectivity index (χ4v) is 2.37. The highest BCUT2D eigenvalue weighted by Crippen LogP contribution is 2.17. The summed E-state index contributed by atoms with van der Waals surface area (Å²) in [5.41, 5.74) is 3.40. The average Bonchev–Trinajstić information content (AvgIpc) is 2.48. The van der Waals surface area contributed by atoms with E-state index in [1.54, 1.807) is 11.5 Å². The van der Waals surface area contributed by atoms with Crippen LogP contribution in [0.1, 0.15) is 0 Å². The van der Waals surface area contributed by atoms with Crippen molar-refractivity contribution in [2.75, 3.05) is 0 Å². The monoisotopic (exact) mass is 214 g/mol. The van der Waals surface area contributed by atoms with Crippen molar-refractivity contribution < 1.29 is 0 Å². The number of H-pyrrole nitrogens is 2. The Morgan fingerprint density at radius 3 is 2.27 bits per heavy atom. The zero-order chi connectivity index (χ0) is 10.1. The highest BCUT2D eigenvalue weighted by Gasteiger charge is 1.93. The van der Waals surface area contributed by atoms with Gasteiger partial charge in [0.05, 0.1) is 21.3 Å². The number of hydrogen-bond acceptors (Lipinski definition) is 1. The molecule has 1 aromatic heterocycles. The predicted octanol–water partition coefficient (Wildman–Crippen LogP) is 3.84. The van der Waals surface area contributed by atoms with Crippen molar-refractivity contribution in [2.45, 2.75) is 0 Å². The summed E-state index contributed by atoms with van der Waals surface area (Å²) in [6, 6.07) is 16.5. The SMILES string of the molecule is c1ccc2[nH]c3ccccc3s[nH]c2c1. The minimum absolute atomic E-state index is 1.12. The molecule has 3 heteroatoms. The molecule has 0 fully saturated rings. The molecule has 3 aromatic rings. The first-order valence-corrected chi connectivity index (χ1v) is 5.63. The highest BCUT2D eigenvalue weighted by atomic mass is 32.1. The third-order valence-corrected chi connectivity index (χ3v) is 3.25. The predicted molar refractivity (Wildman–Crippen MR) is 65.7 cm³/mol. The Kier molecular flexibility index (Phi) is 1.96. The first-order chi connectivity index (χ1) is 7.43. The van der Waals surface area contributed by atoms with E-state index in [-0.39, 0.29) is 0 Å². The Morgan fingerprint density at radius 1 is 0.733 bits per heavy atom. The average molecular weight is 214 g/mol. The molecule has 0 bridgehead atoms. The van der Waals surface area contributed by atoms with E-state index in [0.717, 1.165) is 16.6 Å². The summed E-state index contributed by atoms with van der Waals surface area (Å²) < 4.78 is 4.55. The third kappa shape index (κ3) is 1.51. The van der Waals surface area contributed by atoms with Gasteiger partial charge in [0, 0.05) is 0 Å². The molecule has 15 heavy (non-hydrogen) atoms. The lowest BCUT2D eigenvalue weighted by Gasteiger charge is -1.91. The van der Waals surface area contributed by atoms with Gasteiger partial charge in [0.25, 0.3) is 0 Å². The molecule has 0 spiro atoms. The maximum atomic E-state index is 3.42. The van der Waals surface area contributed by atoms with Crippen molar-refractivity contribution in [3.63, 3.8) is 0 Å². The number of fused-ring (bicyclic) bond motifs is 2. The van der Waals surface area contributed by atoms with Gasteiger partial charge in [0.2, 0.25) is 0 Å². The van der Waals surface area contributed by atoms with Crippen LogP contribution < -0.4 is 0 Å². The van der Waals surface area contributed by atoms with E-state index in [4.69, 9.17) is 0 Å². The van der Waals surface area contributed by atoms with E-state index in [1.807, 2.05) is 24.3 Å². The van der Waals surface area contributed by atoms with Crippen LogP contribution in [0.2, 0.25) is 0 Å². The Balaban J connectivity index is 2.54. The van der Waals surface area contributed by atoms with Crippen molar-refractivity contribution in [1.82, 2.24) is 9.36 Å². The topological polar surface area (TPSA) is 31.6 Å². The Hall–Kier alpha value is -1.74. The van der Waals surface area contributed by atoms with Gasteiger partial charge in [-0.05, 0) is 24.3 Å². The molecule has 74 valence electrons. The second-order valence-electron chi connectivity index (χ2n) is 3.37. The van der Waals surface area contributed by atoms with E-state index in [1.165, 1.54) is 4.70 Å². The van der Waals surface area contributed by atoms with Gasteiger partial charge in [0.15, 0.2) is 0 Å². The number of rotatable bonds is 0. The van der Waals surface area contributed by atoms with E-state index in [0.29, 0.717) is 0 Å². The largest absolute Gasteiger partial charge is 0.353 e. The Bertz CT molecular complexity index is 588. The maximum Gasteiger partial charge on any atom is 0.0712 e. The number of aromatic nitrogens is 2. The highest BCUT2D eigenvalue weighted by molar-refractivity contribution is 7.12. The molecule has 0 radical (unpaired) electrons. The molecule has 2 N–H and O–H groups in total. The molecule has 0 atom stereocenters. The fourth-order valence-electron chi connectivity index (χ4n) is 1.60. The van der Waals surface area contributed by atoms with E-state index in [9.17, 15) is 0 Å². The molecule has 0 unspecified atom stereocenters. The molecule has 0 aliphatic rings. The number of aromatic amines is 2. The van der Waals surface area contributed by atoms with Gasteiger partial charge in [-0.25, -0.2) is 0 Å². The minimum atomic E-state index is 1.12. The molecule has 2 aromatic carbocycles. The summed E-state index contributed by atoms with van der Waals surface area (Å²) in [7, 11) is 0. The molecular weight excluding hydrogens is 204 g/mol. The molecule has 3 rings (SSSR count). The van der Waals surface area contributed by atoms with Crippen LogP contribution in [-0.4, -0.2) is 9.36 Å². The van der Waals surface area contributed by atoms with Crippen molar-refractivity contribution >= 4 is 32.8 Å². The van der Waals surface area contributed by atoms with Crippen LogP contribution in [0.25, 0.3) is 21.3 Å². The van der Waals surface area contributed by atoms with Crippen molar-refractivity contribution in [2.24, 2.45) is 0 Å². The summed E-state index contributed by atoms with van der Waals surface area (Å²) in [5.74, 6) is 0. The van der Waals surface area contributed by atoms with Crippen LogP contribution in [0, 0.1) is 0 Å². The summed E-state index contributed by atoms with van der Waals surface area (Å²) in [5, 5.41) is 0. The first-order valence-electron chi connectivity index (χ1n) is 4.81. The third-order valence-electron chi connectivity index (χ3n) is 2.35. The zero-order valence-corrected chi connectivity index (χ0v) is 8.84. The molecule has 0 amide bonds. The molecule has 0 saturated heterocycles. The summed E-state index contributed by atoms with van der Waals surface area (Å²) >= 11 is 1.64. The van der Waals surface area contributed by atoms with Crippen LogP contribution in [0.5, 0.6) is 0 Å². The summed E-state index contributed by atoms with van der Waals surface area (Å²) in [4.78, 5) is 3.42. The van der Waals surface area contributed by atoms with Crippen LogP contribution in [-0.2, 0) is 0 Å². The van der Waals surface area contributed by atoms with E-state index in [2.05, 4.69) is 33.6 Å². The zero-order valence-electron chi connectivity index (χ0n) is 8.03.